The quantitative estimate of drug-likeness (QED) is 0.229. The minimum Gasteiger partial charge on any atom is -0.383 e. The molecule has 1 aromatic carbocycles. The Balaban J connectivity index is 0.000000335. The highest BCUT2D eigenvalue weighted by atomic mass is 32.1. The Morgan fingerprint density at radius 1 is 1.34 bits per heavy atom. The zero-order valence-corrected chi connectivity index (χ0v) is 22.7. The van der Waals surface area contributed by atoms with Crippen molar-refractivity contribution in [3.05, 3.63) is 34.5 Å². The summed E-state index contributed by atoms with van der Waals surface area (Å²) in [4.78, 5) is 15.7. The minimum atomic E-state index is -0.258. The molecule has 3 aromatic rings. The predicted molar refractivity (Wildman–Crippen MR) is 147 cm³/mol. The number of ether oxygens (including phenoxy) is 1. The van der Waals surface area contributed by atoms with Crippen LogP contribution in [0.4, 0.5) is 9.39 Å². The zero-order valence-electron chi connectivity index (χ0n) is 21.1. The van der Waals surface area contributed by atoms with Gasteiger partial charge in [0.25, 0.3) is 6.71 Å². The number of nitrogens with one attached hydrogen (secondary N) is 2. The molecule has 0 amide bonds. The van der Waals surface area contributed by atoms with E-state index in [9.17, 15) is 14.4 Å². The van der Waals surface area contributed by atoms with Crippen LogP contribution in [-0.4, -0.2) is 51.8 Å². The molecule has 0 aliphatic carbocycles. The average molecular weight is 517 g/mol. The molecule has 35 heavy (non-hydrogen) atoms. The number of carbonyl (C=O) groups excluding carboxylic acids is 1. The second kappa shape index (κ2) is 14.9. The molecule has 188 valence electrons. The van der Waals surface area contributed by atoms with Crippen molar-refractivity contribution in [3.63, 3.8) is 0 Å². The average Bonchev–Trinajstić information content (AvgIpc) is 3.45. The van der Waals surface area contributed by atoms with E-state index in [1.54, 1.807) is 35.8 Å². The van der Waals surface area contributed by atoms with E-state index < -0.39 is 0 Å². The van der Waals surface area contributed by atoms with E-state index in [0.717, 1.165) is 52.4 Å². The Hall–Kier alpha value is -2.32. The number of aromatic nitrogens is 1. The molecule has 1 aliphatic heterocycles. The van der Waals surface area contributed by atoms with Crippen LogP contribution in [0.15, 0.2) is 18.2 Å². The molecule has 0 saturated carbocycles. The fourth-order valence-electron chi connectivity index (χ4n) is 3.80. The summed E-state index contributed by atoms with van der Waals surface area (Å²) in [6.07, 6.45) is 3.20. The summed E-state index contributed by atoms with van der Waals surface area (Å²) < 4.78 is 19.2. The van der Waals surface area contributed by atoms with Gasteiger partial charge in [-0.15, -0.1) is 22.7 Å². The number of rotatable bonds is 8. The number of aldehydes is 1. The summed E-state index contributed by atoms with van der Waals surface area (Å²) >= 11 is 3.32. The highest BCUT2D eigenvalue weighted by Gasteiger charge is 2.34. The number of nitriles is 1. The number of anilines is 1. The van der Waals surface area contributed by atoms with E-state index in [2.05, 4.69) is 28.5 Å². The second-order valence-corrected chi connectivity index (χ2v) is 10.0. The van der Waals surface area contributed by atoms with Gasteiger partial charge in [-0.1, -0.05) is 20.8 Å². The summed E-state index contributed by atoms with van der Waals surface area (Å²) in [6, 6.07) is 4.76. The van der Waals surface area contributed by atoms with E-state index in [1.807, 2.05) is 20.9 Å². The van der Waals surface area contributed by atoms with Gasteiger partial charge in [0.05, 0.1) is 21.8 Å². The van der Waals surface area contributed by atoms with Gasteiger partial charge in [-0.25, -0.2) is 14.6 Å². The summed E-state index contributed by atoms with van der Waals surface area (Å²) in [5.74, 6) is 2.52. The summed E-state index contributed by atoms with van der Waals surface area (Å²) in [5, 5.41) is 17.7. The number of fused-ring (bicyclic) bond motifs is 2. The lowest BCUT2D eigenvalue weighted by atomic mass is 9.37. The highest BCUT2D eigenvalue weighted by molar-refractivity contribution is 7.23. The zero-order chi connectivity index (χ0) is 25.8. The van der Waals surface area contributed by atoms with Gasteiger partial charge in [0.15, 0.2) is 0 Å². The van der Waals surface area contributed by atoms with E-state index in [0.29, 0.717) is 24.4 Å². The molecule has 1 aliphatic rings. The van der Waals surface area contributed by atoms with Crippen LogP contribution < -0.4 is 10.6 Å². The molecule has 0 fully saturated rings. The fourth-order valence-corrected chi connectivity index (χ4v) is 6.13. The molecule has 2 N–H and O–H groups in total. The first-order valence-corrected chi connectivity index (χ1v) is 13.6. The number of methoxy groups -OCH3 is 1. The molecular weight excluding hydrogens is 482 g/mol. The van der Waals surface area contributed by atoms with Crippen molar-refractivity contribution in [3.8, 4) is 16.5 Å². The number of hydrogen-bond donors (Lipinski definition) is 2. The molecule has 1 unspecified atom stereocenters. The highest BCUT2D eigenvalue weighted by Crippen LogP contribution is 2.47. The van der Waals surface area contributed by atoms with Crippen molar-refractivity contribution in [1.82, 2.24) is 10.3 Å². The molecule has 0 spiro atoms. The number of hydrogen-bond acceptors (Lipinski definition) is 8. The van der Waals surface area contributed by atoms with Crippen LogP contribution in [0.5, 0.6) is 0 Å². The van der Waals surface area contributed by atoms with Crippen molar-refractivity contribution in [2.45, 2.75) is 45.8 Å². The first kappa shape index (κ1) is 28.9. The Bertz CT molecular complexity index is 1130. The van der Waals surface area contributed by atoms with Gasteiger partial charge in [-0.3, -0.25) is 0 Å². The number of halogens is 1. The van der Waals surface area contributed by atoms with E-state index in [-0.39, 0.29) is 12.5 Å². The summed E-state index contributed by atoms with van der Waals surface area (Å²) in [5.41, 5.74) is 3.15. The first-order valence-electron chi connectivity index (χ1n) is 11.9. The predicted octanol–water partition coefficient (Wildman–Crippen LogP) is 5.63. The third-order valence-corrected chi connectivity index (χ3v) is 7.91. The molecule has 6 nitrogen and oxygen atoms in total. The number of carbonyl (C=O) groups is 1. The van der Waals surface area contributed by atoms with Crippen LogP contribution in [0, 0.1) is 17.0 Å². The smallest absolute Gasteiger partial charge is 0.276 e. The Kier molecular flexibility index (Phi) is 12.3. The number of thiazole rings is 1. The summed E-state index contributed by atoms with van der Waals surface area (Å²) in [7, 11) is 3.57. The SMILES string of the molecule is CC.CNc1sc2c(c1-c1nc3cc(F)ccc3s1)CC(C)B(C#N)C2.COCCNCCC=O. The lowest BCUT2D eigenvalue weighted by Gasteiger charge is -2.21. The maximum Gasteiger partial charge on any atom is 0.276 e. The van der Waals surface area contributed by atoms with Gasteiger partial charge in [-0.2, -0.15) is 0 Å². The standard InChI is InChI=1S/C17H15BFN3S2.C6H13NO2.C2H6/c1-9-5-11-14(7-18(9)8-20)24-16(21-2)15(11)17-22-12-6-10(19)3-4-13(12)23-17;1-9-6-4-7-3-2-5-8;1-2/h3-4,6,9,21H,5,7H2,1-2H3;5,7H,2-4,6H2,1H3;1-2H3. The van der Waals surface area contributed by atoms with Crippen molar-refractivity contribution >= 4 is 50.9 Å². The van der Waals surface area contributed by atoms with Crippen molar-refractivity contribution < 1.29 is 13.9 Å². The maximum atomic E-state index is 13.5. The molecule has 0 saturated heterocycles. The topological polar surface area (TPSA) is 87.0 Å². The number of nitrogens with zero attached hydrogens (tertiary/aromatic N) is 2. The van der Waals surface area contributed by atoms with Crippen molar-refractivity contribution in [2.75, 3.05) is 39.2 Å². The third-order valence-electron chi connectivity index (χ3n) is 5.59. The number of benzene rings is 1. The van der Waals surface area contributed by atoms with Gasteiger partial charge in [0.2, 0.25) is 0 Å². The largest absolute Gasteiger partial charge is 0.383 e. The van der Waals surface area contributed by atoms with Crippen LogP contribution in [-0.2, 0) is 22.3 Å². The normalized spacial score (nSPS) is 14.2. The lowest BCUT2D eigenvalue weighted by Crippen LogP contribution is -2.26. The van der Waals surface area contributed by atoms with E-state index in [4.69, 9.17) is 4.74 Å². The number of thiophene rings is 1. The van der Waals surface area contributed by atoms with E-state index >= 15 is 0 Å². The summed E-state index contributed by atoms with van der Waals surface area (Å²) in [6.45, 7) is 8.51. The molecule has 0 radical (unpaired) electrons. The molecule has 4 rings (SSSR count). The minimum absolute atomic E-state index is 0.0816. The third kappa shape index (κ3) is 7.58. The lowest BCUT2D eigenvalue weighted by molar-refractivity contribution is -0.107. The Morgan fingerprint density at radius 3 is 2.77 bits per heavy atom. The van der Waals surface area contributed by atoms with Crippen LogP contribution in [0.25, 0.3) is 20.8 Å². The van der Waals surface area contributed by atoms with Crippen LogP contribution in [0.2, 0.25) is 5.82 Å². The van der Waals surface area contributed by atoms with Gasteiger partial charge in [-0.05, 0) is 36.3 Å². The molecular formula is C25H34BFN4O2S2. The molecule has 3 heterocycles. The molecule has 10 heteroatoms. The second-order valence-electron chi connectivity index (χ2n) is 7.91. The van der Waals surface area contributed by atoms with Gasteiger partial charge >= 0.3 is 0 Å². The molecule has 1 atom stereocenters. The van der Waals surface area contributed by atoms with Gasteiger partial charge < -0.3 is 20.2 Å². The van der Waals surface area contributed by atoms with Crippen LogP contribution >= 0.6 is 22.7 Å². The van der Waals surface area contributed by atoms with Crippen molar-refractivity contribution in [2.24, 2.45) is 0 Å². The van der Waals surface area contributed by atoms with Gasteiger partial charge in [0, 0.05) is 56.1 Å². The van der Waals surface area contributed by atoms with E-state index in [1.165, 1.54) is 22.6 Å². The van der Waals surface area contributed by atoms with Crippen molar-refractivity contribution in [1.29, 1.82) is 5.26 Å². The Morgan fingerprint density at radius 2 is 2.11 bits per heavy atom. The van der Waals surface area contributed by atoms with Crippen LogP contribution in [0.1, 0.15) is 37.6 Å². The van der Waals surface area contributed by atoms with Gasteiger partial charge in [0.1, 0.15) is 17.1 Å². The fraction of sp³-hybridized carbons (Fsp3) is 0.480. The molecule has 0 bridgehead atoms. The monoisotopic (exact) mass is 516 g/mol. The van der Waals surface area contributed by atoms with Crippen LogP contribution in [0.3, 0.4) is 0 Å². The molecule has 2 aromatic heterocycles. The maximum absolute atomic E-state index is 13.5. The Labute approximate surface area is 216 Å². The first-order chi connectivity index (χ1) is 17.0.